The Bertz CT molecular complexity index is 483. The van der Waals surface area contributed by atoms with Gasteiger partial charge in [-0.25, -0.2) is 0 Å². The van der Waals surface area contributed by atoms with E-state index in [2.05, 4.69) is 0 Å². The predicted molar refractivity (Wildman–Crippen MR) is 74.3 cm³/mol. The Balaban J connectivity index is 1.81. The number of rotatable bonds is 2. The minimum Gasteiger partial charge on any atom is -0.491 e. The molecule has 1 saturated carbocycles. The summed E-state index contributed by atoms with van der Waals surface area (Å²) in [6, 6.07) is 7.74. The van der Waals surface area contributed by atoms with Gasteiger partial charge in [0.1, 0.15) is 5.75 Å². The molecule has 0 atom stereocenters. The lowest BCUT2D eigenvalue weighted by atomic mass is 9.75. The third-order valence-corrected chi connectivity index (χ3v) is 4.09. The van der Waals surface area contributed by atoms with E-state index < -0.39 is 0 Å². The van der Waals surface area contributed by atoms with Gasteiger partial charge in [0.2, 0.25) is 5.91 Å². The Hall–Kier alpha value is -1.55. The van der Waals surface area contributed by atoms with Crippen LogP contribution in [0, 0.1) is 0 Å². The van der Waals surface area contributed by atoms with E-state index in [4.69, 9.17) is 10.5 Å². The third kappa shape index (κ3) is 2.45. The van der Waals surface area contributed by atoms with Crippen molar-refractivity contribution in [3.63, 3.8) is 0 Å². The van der Waals surface area contributed by atoms with Crippen LogP contribution in [-0.2, 0) is 4.79 Å². The first-order chi connectivity index (χ1) is 9.18. The lowest BCUT2D eigenvalue weighted by Crippen LogP contribution is -2.50. The van der Waals surface area contributed by atoms with E-state index >= 15 is 0 Å². The van der Waals surface area contributed by atoms with Gasteiger partial charge in [-0.1, -0.05) is 12.1 Å². The minimum atomic E-state index is -0.265. The number of anilines is 1. The Kier molecular flexibility index (Phi) is 3.19. The maximum atomic E-state index is 12.5. The van der Waals surface area contributed by atoms with Gasteiger partial charge >= 0.3 is 0 Å². The van der Waals surface area contributed by atoms with Gasteiger partial charge in [0.05, 0.1) is 12.3 Å². The van der Waals surface area contributed by atoms with Crippen LogP contribution in [0.15, 0.2) is 24.3 Å². The van der Waals surface area contributed by atoms with Crippen molar-refractivity contribution in [2.24, 2.45) is 5.73 Å². The molecule has 1 amide bonds. The van der Waals surface area contributed by atoms with E-state index in [0.717, 1.165) is 37.1 Å². The van der Waals surface area contributed by atoms with E-state index in [-0.39, 0.29) is 11.4 Å². The molecule has 1 fully saturated rings. The number of nitrogens with two attached hydrogens (primary N) is 1. The minimum absolute atomic E-state index is 0.125. The van der Waals surface area contributed by atoms with E-state index in [1.54, 1.807) is 0 Å². The van der Waals surface area contributed by atoms with E-state index in [9.17, 15) is 4.79 Å². The molecule has 1 aliphatic carbocycles. The lowest BCUT2D eigenvalue weighted by Gasteiger charge is -2.38. The molecular weight excluding hydrogens is 240 g/mol. The fraction of sp³-hybridized carbons (Fsp3) is 0.533. The van der Waals surface area contributed by atoms with Crippen LogP contribution < -0.4 is 15.4 Å². The number of amides is 1. The smallest absolute Gasteiger partial charge is 0.228 e. The molecule has 1 heterocycles. The summed E-state index contributed by atoms with van der Waals surface area (Å²) in [6.07, 6.45) is 4.37. The summed E-state index contributed by atoms with van der Waals surface area (Å²) >= 11 is 0. The van der Waals surface area contributed by atoms with E-state index in [1.807, 2.05) is 29.2 Å². The Morgan fingerprint density at radius 3 is 2.84 bits per heavy atom. The second kappa shape index (κ2) is 4.85. The van der Waals surface area contributed by atoms with Gasteiger partial charge in [-0.3, -0.25) is 4.79 Å². The summed E-state index contributed by atoms with van der Waals surface area (Å²) in [7, 11) is 0. The van der Waals surface area contributed by atoms with Gasteiger partial charge in [0, 0.05) is 18.5 Å². The predicted octanol–water partition coefficient (Wildman–Crippen LogP) is 2.07. The molecule has 0 saturated heterocycles. The molecule has 0 aromatic heterocycles. The fourth-order valence-corrected chi connectivity index (χ4v) is 2.79. The zero-order chi connectivity index (χ0) is 13.3. The summed E-state index contributed by atoms with van der Waals surface area (Å²) < 4.78 is 5.67. The Labute approximate surface area is 113 Å². The number of nitrogens with zero attached hydrogens (tertiary/aromatic N) is 1. The molecule has 2 aliphatic rings. The van der Waals surface area contributed by atoms with Gasteiger partial charge in [-0.05, 0) is 37.8 Å². The zero-order valence-corrected chi connectivity index (χ0v) is 11.1. The summed E-state index contributed by atoms with van der Waals surface area (Å²) in [4.78, 5) is 14.4. The molecule has 4 heteroatoms. The van der Waals surface area contributed by atoms with Crippen LogP contribution in [0.5, 0.6) is 5.75 Å². The first-order valence-corrected chi connectivity index (χ1v) is 6.99. The average Bonchev–Trinajstić information content (AvgIpc) is 2.59. The van der Waals surface area contributed by atoms with Gasteiger partial charge in [-0.15, -0.1) is 0 Å². The van der Waals surface area contributed by atoms with Gasteiger partial charge < -0.3 is 15.4 Å². The average molecular weight is 260 g/mol. The van der Waals surface area contributed by atoms with Crippen LogP contribution in [0.25, 0.3) is 0 Å². The summed E-state index contributed by atoms with van der Waals surface area (Å²) in [6.45, 7) is 1.38. The molecule has 4 nitrogen and oxygen atoms in total. The maximum Gasteiger partial charge on any atom is 0.228 e. The van der Waals surface area contributed by atoms with Crippen molar-refractivity contribution in [2.75, 3.05) is 18.1 Å². The molecular formula is C15H20N2O2. The monoisotopic (exact) mass is 260 g/mol. The SMILES string of the molecule is NC1(CC(=O)N2CCCOc3ccccc32)CCC1. The van der Waals surface area contributed by atoms with Crippen molar-refractivity contribution in [3.05, 3.63) is 24.3 Å². The molecule has 1 aromatic carbocycles. The molecule has 2 N–H and O–H groups in total. The standard InChI is InChI=1S/C15H20N2O2/c16-15(7-3-8-15)11-14(18)17-9-4-10-19-13-6-2-1-5-12(13)17/h1-2,5-6H,3-4,7-11,16H2. The van der Waals surface area contributed by atoms with Crippen molar-refractivity contribution < 1.29 is 9.53 Å². The topological polar surface area (TPSA) is 55.6 Å². The molecule has 1 aliphatic heterocycles. The highest BCUT2D eigenvalue weighted by atomic mass is 16.5. The molecule has 0 unspecified atom stereocenters. The number of hydrogen-bond acceptors (Lipinski definition) is 3. The summed E-state index contributed by atoms with van der Waals surface area (Å²) in [5.74, 6) is 0.924. The Morgan fingerprint density at radius 2 is 2.11 bits per heavy atom. The number of para-hydroxylation sites is 2. The highest BCUT2D eigenvalue weighted by Gasteiger charge is 2.36. The van der Waals surface area contributed by atoms with Gasteiger partial charge in [0.15, 0.2) is 0 Å². The van der Waals surface area contributed by atoms with Crippen molar-refractivity contribution in [2.45, 2.75) is 37.6 Å². The number of hydrogen-bond donors (Lipinski definition) is 1. The first kappa shape index (κ1) is 12.5. The highest BCUT2D eigenvalue weighted by molar-refractivity contribution is 5.95. The molecule has 1 aromatic rings. The second-order valence-electron chi connectivity index (χ2n) is 5.61. The second-order valence-corrected chi connectivity index (χ2v) is 5.61. The van der Waals surface area contributed by atoms with Crippen LogP contribution in [0.4, 0.5) is 5.69 Å². The Morgan fingerprint density at radius 1 is 1.32 bits per heavy atom. The normalized spacial score (nSPS) is 20.8. The fourth-order valence-electron chi connectivity index (χ4n) is 2.79. The van der Waals surface area contributed by atoms with Crippen LogP contribution >= 0.6 is 0 Å². The zero-order valence-electron chi connectivity index (χ0n) is 11.1. The number of carbonyl (C=O) groups is 1. The van der Waals surface area contributed by atoms with E-state index in [0.29, 0.717) is 19.6 Å². The number of carbonyl (C=O) groups excluding carboxylic acids is 1. The lowest BCUT2D eigenvalue weighted by molar-refractivity contribution is -0.120. The molecule has 3 rings (SSSR count). The van der Waals surface area contributed by atoms with E-state index in [1.165, 1.54) is 0 Å². The van der Waals surface area contributed by atoms with Crippen LogP contribution in [0.3, 0.4) is 0 Å². The molecule has 0 spiro atoms. The highest BCUT2D eigenvalue weighted by Crippen LogP contribution is 2.35. The van der Waals surface area contributed by atoms with Crippen molar-refractivity contribution in [3.8, 4) is 5.75 Å². The molecule has 0 radical (unpaired) electrons. The molecule has 0 bridgehead atoms. The summed E-state index contributed by atoms with van der Waals surface area (Å²) in [5, 5.41) is 0. The third-order valence-electron chi connectivity index (χ3n) is 4.09. The molecule has 102 valence electrons. The van der Waals surface area contributed by atoms with Crippen LogP contribution in [0.2, 0.25) is 0 Å². The number of fused-ring (bicyclic) bond motifs is 1. The van der Waals surface area contributed by atoms with Gasteiger partial charge in [-0.2, -0.15) is 0 Å². The molecule has 19 heavy (non-hydrogen) atoms. The maximum absolute atomic E-state index is 12.5. The van der Waals surface area contributed by atoms with Crippen LogP contribution in [0.1, 0.15) is 32.1 Å². The largest absolute Gasteiger partial charge is 0.491 e. The van der Waals surface area contributed by atoms with Gasteiger partial charge in [0.25, 0.3) is 0 Å². The van der Waals surface area contributed by atoms with Crippen molar-refractivity contribution >= 4 is 11.6 Å². The quantitative estimate of drug-likeness (QED) is 0.885. The number of ether oxygens (including phenoxy) is 1. The van der Waals surface area contributed by atoms with Crippen molar-refractivity contribution in [1.29, 1.82) is 0 Å². The van der Waals surface area contributed by atoms with Crippen molar-refractivity contribution in [1.82, 2.24) is 0 Å². The van der Waals surface area contributed by atoms with Crippen LogP contribution in [-0.4, -0.2) is 24.6 Å². The summed E-state index contributed by atoms with van der Waals surface area (Å²) in [5.41, 5.74) is 6.81. The number of benzene rings is 1. The first-order valence-electron chi connectivity index (χ1n) is 6.99.